The van der Waals surface area contributed by atoms with Gasteiger partial charge in [0.15, 0.2) is 11.5 Å². The van der Waals surface area contributed by atoms with Gasteiger partial charge in [-0.15, -0.1) is 0 Å². The molecule has 35 heavy (non-hydrogen) atoms. The molecule has 0 aliphatic heterocycles. The van der Waals surface area contributed by atoms with E-state index in [0.717, 1.165) is 27.8 Å². The summed E-state index contributed by atoms with van der Waals surface area (Å²) in [5, 5.41) is 3.06. The van der Waals surface area contributed by atoms with Crippen molar-refractivity contribution in [2.75, 3.05) is 35.5 Å². The molecule has 7 nitrogen and oxygen atoms in total. The molecular formula is C28H34N2O5. The molecule has 0 aromatic heterocycles. The maximum absolute atomic E-state index is 13.0. The van der Waals surface area contributed by atoms with E-state index in [0.29, 0.717) is 29.5 Å². The topological polar surface area (TPSA) is 69.3 Å². The average Bonchev–Trinajstić information content (AvgIpc) is 2.88. The fourth-order valence-corrected chi connectivity index (χ4v) is 4.13. The van der Waals surface area contributed by atoms with Gasteiger partial charge in [0.2, 0.25) is 5.75 Å². The van der Waals surface area contributed by atoms with Gasteiger partial charge < -0.3 is 29.2 Å². The summed E-state index contributed by atoms with van der Waals surface area (Å²) in [7, 11) is 8.19. The minimum atomic E-state index is -0.175. The van der Waals surface area contributed by atoms with E-state index >= 15 is 0 Å². The Kier molecular flexibility index (Phi) is 8.47. The number of carbonyl (C=O) groups is 1. The predicted molar refractivity (Wildman–Crippen MR) is 138 cm³/mol. The van der Waals surface area contributed by atoms with Crippen molar-refractivity contribution in [1.82, 2.24) is 10.2 Å². The number of urea groups is 1. The monoisotopic (exact) mass is 478 g/mol. The van der Waals surface area contributed by atoms with E-state index in [1.807, 2.05) is 68.4 Å². The Morgan fingerprint density at radius 2 is 1.51 bits per heavy atom. The second kappa shape index (κ2) is 11.5. The standard InChI is InChI=1S/C28H34N2O5/c1-18-15-24(26(34-6)27(35-7)25(18)33-5)23-14-13-22(32-4)16-21(23)17-30(3)28(31)29-19(2)20-11-9-8-10-12-20/h8-16,19H,17H2,1-7H3,(H,29,31). The van der Waals surface area contributed by atoms with Gasteiger partial charge in [-0.1, -0.05) is 36.4 Å². The highest BCUT2D eigenvalue weighted by Crippen LogP contribution is 2.47. The van der Waals surface area contributed by atoms with Crippen LogP contribution in [0.15, 0.2) is 54.6 Å². The molecule has 7 heteroatoms. The fraction of sp³-hybridized carbons (Fsp3) is 0.321. The molecule has 0 aliphatic rings. The molecule has 0 bridgehead atoms. The van der Waals surface area contributed by atoms with Crippen LogP contribution in [0.3, 0.4) is 0 Å². The highest BCUT2D eigenvalue weighted by Gasteiger charge is 2.23. The fourth-order valence-electron chi connectivity index (χ4n) is 4.13. The van der Waals surface area contributed by atoms with Gasteiger partial charge in [-0.2, -0.15) is 0 Å². The third-order valence-corrected chi connectivity index (χ3v) is 5.98. The lowest BCUT2D eigenvalue weighted by Gasteiger charge is -2.24. The maximum atomic E-state index is 13.0. The van der Waals surface area contributed by atoms with Gasteiger partial charge in [0.25, 0.3) is 0 Å². The summed E-state index contributed by atoms with van der Waals surface area (Å²) in [6, 6.07) is 17.4. The molecule has 0 saturated carbocycles. The average molecular weight is 479 g/mol. The normalized spacial score (nSPS) is 11.4. The largest absolute Gasteiger partial charge is 0.497 e. The Labute approximate surface area is 207 Å². The van der Waals surface area contributed by atoms with Crippen LogP contribution in [0.4, 0.5) is 4.79 Å². The van der Waals surface area contributed by atoms with E-state index in [1.54, 1.807) is 40.4 Å². The molecule has 0 radical (unpaired) electrons. The Balaban J connectivity index is 1.97. The van der Waals surface area contributed by atoms with E-state index < -0.39 is 0 Å². The summed E-state index contributed by atoms with van der Waals surface area (Å²) < 4.78 is 22.4. The van der Waals surface area contributed by atoms with Crippen molar-refractivity contribution in [2.45, 2.75) is 26.4 Å². The zero-order valence-electron chi connectivity index (χ0n) is 21.5. The summed E-state index contributed by atoms with van der Waals surface area (Å²) in [5.41, 5.74) is 4.60. The Morgan fingerprint density at radius 3 is 2.11 bits per heavy atom. The lowest BCUT2D eigenvalue weighted by Crippen LogP contribution is -2.38. The number of methoxy groups -OCH3 is 4. The minimum Gasteiger partial charge on any atom is -0.497 e. The summed E-state index contributed by atoms with van der Waals surface area (Å²) in [4.78, 5) is 14.7. The molecule has 0 fully saturated rings. The van der Waals surface area contributed by atoms with Crippen LogP contribution in [-0.4, -0.2) is 46.4 Å². The van der Waals surface area contributed by atoms with Crippen LogP contribution < -0.4 is 24.3 Å². The zero-order valence-corrected chi connectivity index (χ0v) is 21.5. The van der Waals surface area contributed by atoms with Gasteiger partial charge in [-0.3, -0.25) is 0 Å². The van der Waals surface area contributed by atoms with Gasteiger partial charge in [0.1, 0.15) is 5.75 Å². The van der Waals surface area contributed by atoms with Crippen molar-refractivity contribution in [3.05, 3.63) is 71.3 Å². The second-order valence-corrected chi connectivity index (χ2v) is 8.30. The lowest BCUT2D eigenvalue weighted by atomic mass is 9.95. The second-order valence-electron chi connectivity index (χ2n) is 8.30. The first-order chi connectivity index (χ1) is 16.8. The molecular weight excluding hydrogens is 444 g/mol. The van der Waals surface area contributed by atoms with Gasteiger partial charge in [0, 0.05) is 19.2 Å². The summed E-state index contributed by atoms with van der Waals surface area (Å²) in [5.74, 6) is 2.40. The van der Waals surface area contributed by atoms with Crippen molar-refractivity contribution >= 4 is 6.03 Å². The van der Waals surface area contributed by atoms with E-state index in [1.165, 1.54) is 0 Å². The third-order valence-electron chi connectivity index (χ3n) is 5.98. The number of nitrogens with zero attached hydrogens (tertiary/aromatic N) is 1. The Bertz CT molecular complexity index is 1160. The van der Waals surface area contributed by atoms with E-state index in [9.17, 15) is 4.79 Å². The molecule has 1 N–H and O–H groups in total. The number of hydrogen-bond acceptors (Lipinski definition) is 5. The first kappa shape index (κ1) is 25.7. The Morgan fingerprint density at radius 1 is 0.857 bits per heavy atom. The number of ether oxygens (including phenoxy) is 4. The molecule has 3 aromatic rings. The van der Waals surface area contributed by atoms with Gasteiger partial charge >= 0.3 is 6.03 Å². The van der Waals surface area contributed by atoms with Crippen molar-refractivity contribution in [1.29, 1.82) is 0 Å². The smallest absolute Gasteiger partial charge is 0.317 e. The number of hydrogen-bond donors (Lipinski definition) is 1. The molecule has 3 rings (SSSR count). The maximum Gasteiger partial charge on any atom is 0.317 e. The van der Waals surface area contributed by atoms with Crippen LogP contribution in [0.1, 0.15) is 29.7 Å². The van der Waals surface area contributed by atoms with Crippen molar-refractivity contribution in [3.8, 4) is 34.1 Å². The zero-order chi connectivity index (χ0) is 25.5. The molecule has 3 aromatic carbocycles. The predicted octanol–water partition coefficient (Wildman–Crippen LogP) is 5.60. The highest BCUT2D eigenvalue weighted by atomic mass is 16.5. The highest BCUT2D eigenvalue weighted by molar-refractivity contribution is 5.81. The van der Waals surface area contributed by atoms with E-state index in [2.05, 4.69) is 5.32 Å². The van der Waals surface area contributed by atoms with Crippen LogP contribution in [0.25, 0.3) is 11.1 Å². The summed E-state index contributed by atoms with van der Waals surface area (Å²) in [6.07, 6.45) is 0. The summed E-state index contributed by atoms with van der Waals surface area (Å²) in [6.45, 7) is 4.28. The number of aryl methyl sites for hydroxylation is 1. The van der Waals surface area contributed by atoms with E-state index in [4.69, 9.17) is 18.9 Å². The quantitative estimate of drug-likeness (QED) is 0.434. The third kappa shape index (κ3) is 5.62. The van der Waals surface area contributed by atoms with Gasteiger partial charge in [-0.05, 0) is 54.3 Å². The molecule has 0 aliphatic carbocycles. The SMILES string of the molecule is COc1ccc(-c2cc(C)c(OC)c(OC)c2OC)c(CN(C)C(=O)NC(C)c2ccccc2)c1. The molecule has 1 unspecified atom stereocenters. The molecule has 186 valence electrons. The van der Waals surface area contributed by atoms with Gasteiger partial charge in [0.05, 0.1) is 34.5 Å². The number of rotatable bonds is 9. The first-order valence-corrected chi connectivity index (χ1v) is 11.4. The molecule has 0 saturated heterocycles. The number of carbonyl (C=O) groups excluding carboxylic acids is 1. The lowest BCUT2D eigenvalue weighted by molar-refractivity contribution is 0.203. The minimum absolute atomic E-state index is 0.121. The number of nitrogens with one attached hydrogen (secondary N) is 1. The molecule has 0 heterocycles. The van der Waals surface area contributed by atoms with Crippen molar-refractivity contribution in [2.24, 2.45) is 0 Å². The van der Waals surface area contributed by atoms with Crippen molar-refractivity contribution in [3.63, 3.8) is 0 Å². The van der Waals surface area contributed by atoms with Crippen LogP contribution in [0, 0.1) is 6.92 Å². The van der Waals surface area contributed by atoms with Crippen LogP contribution in [-0.2, 0) is 6.54 Å². The Hall–Kier alpha value is -3.87. The first-order valence-electron chi connectivity index (χ1n) is 11.4. The molecule has 0 spiro atoms. The van der Waals surface area contributed by atoms with E-state index in [-0.39, 0.29) is 12.1 Å². The number of amides is 2. The molecule has 1 atom stereocenters. The summed E-state index contributed by atoms with van der Waals surface area (Å²) >= 11 is 0. The van der Waals surface area contributed by atoms with Crippen LogP contribution in [0.2, 0.25) is 0 Å². The number of benzene rings is 3. The van der Waals surface area contributed by atoms with Crippen LogP contribution in [0.5, 0.6) is 23.0 Å². The van der Waals surface area contributed by atoms with Crippen molar-refractivity contribution < 1.29 is 23.7 Å². The molecule has 2 amide bonds. The van der Waals surface area contributed by atoms with Gasteiger partial charge in [-0.25, -0.2) is 4.79 Å². The van der Waals surface area contributed by atoms with Crippen LogP contribution >= 0.6 is 0 Å².